The smallest absolute Gasteiger partial charge is 0.0437 e. The van der Waals surface area contributed by atoms with Gasteiger partial charge in [0.2, 0.25) is 0 Å². The molecule has 0 bridgehead atoms. The third kappa shape index (κ3) is 3.02. The third-order valence-corrected chi connectivity index (χ3v) is 4.78. The Bertz CT molecular complexity index is 426. The standard InChI is InChI=1S/C18H29N/c1-5-9-18(10-7-6-8-11-19-18)17-13-15(3)14(2)12-16(17)4/h12-13,19H,5-11H2,1-4H3. The van der Waals surface area contributed by atoms with E-state index in [4.69, 9.17) is 0 Å². The van der Waals surface area contributed by atoms with E-state index < -0.39 is 0 Å². The zero-order valence-electron chi connectivity index (χ0n) is 13.1. The van der Waals surface area contributed by atoms with Gasteiger partial charge in [0.15, 0.2) is 0 Å². The van der Waals surface area contributed by atoms with Gasteiger partial charge in [-0.1, -0.05) is 38.3 Å². The molecule has 1 heterocycles. The van der Waals surface area contributed by atoms with Gasteiger partial charge in [-0.2, -0.15) is 0 Å². The molecule has 1 heteroatoms. The SMILES string of the molecule is CCCC1(c2cc(C)c(C)cc2C)CCCCCN1. The van der Waals surface area contributed by atoms with E-state index in [0.717, 1.165) is 0 Å². The van der Waals surface area contributed by atoms with Crippen LogP contribution in [0.1, 0.15) is 67.7 Å². The molecule has 2 rings (SSSR count). The maximum atomic E-state index is 3.90. The summed E-state index contributed by atoms with van der Waals surface area (Å²) in [5, 5.41) is 3.90. The minimum Gasteiger partial charge on any atom is -0.307 e. The maximum absolute atomic E-state index is 3.90. The molecule has 0 aromatic heterocycles. The summed E-state index contributed by atoms with van der Waals surface area (Å²) in [5.74, 6) is 0. The van der Waals surface area contributed by atoms with E-state index in [1.54, 1.807) is 5.56 Å². The van der Waals surface area contributed by atoms with Gasteiger partial charge in [0.1, 0.15) is 0 Å². The first-order valence-electron chi connectivity index (χ1n) is 7.92. The molecule has 1 nitrogen and oxygen atoms in total. The number of aryl methyl sites for hydroxylation is 3. The second kappa shape index (κ2) is 6.09. The first kappa shape index (κ1) is 14.6. The van der Waals surface area contributed by atoms with Crippen LogP contribution in [-0.4, -0.2) is 6.54 Å². The predicted octanol–water partition coefficient (Wildman–Crippen LogP) is 4.77. The monoisotopic (exact) mass is 259 g/mol. The van der Waals surface area contributed by atoms with Gasteiger partial charge >= 0.3 is 0 Å². The second-order valence-corrected chi connectivity index (χ2v) is 6.32. The number of nitrogens with one attached hydrogen (secondary N) is 1. The number of benzene rings is 1. The van der Waals surface area contributed by atoms with Crippen molar-refractivity contribution in [3.8, 4) is 0 Å². The summed E-state index contributed by atoms with van der Waals surface area (Å²) in [6.07, 6.45) is 7.87. The van der Waals surface area contributed by atoms with Gasteiger partial charge in [-0.05, 0) is 68.8 Å². The van der Waals surface area contributed by atoms with Gasteiger partial charge < -0.3 is 5.32 Å². The van der Waals surface area contributed by atoms with Crippen LogP contribution in [0.3, 0.4) is 0 Å². The van der Waals surface area contributed by atoms with Crippen molar-refractivity contribution in [3.63, 3.8) is 0 Å². The lowest BCUT2D eigenvalue weighted by atomic mass is 9.78. The van der Waals surface area contributed by atoms with Crippen LogP contribution in [0.4, 0.5) is 0 Å². The molecule has 0 amide bonds. The Morgan fingerprint density at radius 3 is 2.47 bits per heavy atom. The van der Waals surface area contributed by atoms with Gasteiger partial charge in [0, 0.05) is 5.54 Å². The zero-order chi connectivity index (χ0) is 13.9. The van der Waals surface area contributed by atoms with Crippen molar-refractivity contribution >= 4 is 0 Å². The van der Waals surface area contributed by atoms with Gasteiger partial charge in [-0.15, -0.1) is 0 Å². The minimum atomic E-state index is 0.230. The Morgan fingerprint density at radius 2 is 1.74 bits per heavy atom. The summed E-state index contributed by atoms with van der Waals surface area (Å²) in [5.41, 5.74) is 6.10. The van der Waals surface area contributed by atoms with Crippen molar-refractivity contribution in [2.75, 3.05) is 6.54 Å². The molecule has 1 atom stereocenters. The third-order valence-electron chi connectivity index (χ3n) is 4.78. The van der Waals surface area contributed by atoms with Crippen LogP contribution in [0.15, 0.2) is 12.1 Å². The molecule has 1 aromatic rings. The number of hydrogen-bond donors (Lipinski definition) is 1. The number of rotatable bonds is 3. The van der Waals surface area contributed by atoms with Gasteiger partial charge in [-0.3, -0.25) is 0 Å². The summed E-state index contributed by atoms with van der Waals surface area (Å²) in [6.45, 7) is 10.2. The Morgan fingerprint density at radius 1 is 1.00 bits per heavy atom. The summed E-state index contributed by atoms with van der Waals surface area (Å²) in [7, 11) is 0. The first-order chi connectivity index (χ1) is 9.09. The largest absolute Gasteiger partial charge is 0.307 e. The molecule has 0 radical (unpaired) electrons. The first-order valence-corrected chi connectivity index (χ1v) is 7.92. The Balaban J connectivity index is 2.45. The predicted molar refractivity (Wildman–Crippen MR) is 83.7 cm³/mol. The lowest BCUT2D eigenvalue weighted by Crippen LogP contribution is -2.42. The minimum absolute atomic E-state index is 0.230. The van der Waals surface area contributed by atoms with E-state index in [1.165, 1.54) is 61.8 Å². The van der Waals surface area contributed by atoms with Crippen molar-refractivity contribution < 1.29 is 0 Å². The maximum Gasteiger partial charge on any atom is 0.0437 e. The van der Waals surface area contributed by atoms with Crippen molar-refractivity contribution in [2.24, 2.45) is 0 Å². The Hall–Kier alpha value is -0.820. The fourth-order valence-electron chi connectivity index (χ4n) is 3.63. The molecular weight excluding hydrogens is 230 g/mol. The molecule has 1 unspecified atom stereocenters. The van der Waals surface area contributed by atoms with Gasteiger partial charge in [0.25, 0.3) is 0 Å². The molecule has 1 aliphatic rings. The molecule has 1 aromatic carbocycles. The van der Waals surface area contributed by atoms with E-state index in [9.17, 15) is 0 Å². The van der Waals surface area contributed by atoms with E-state index in [-0.39, 0.29) is 5.54 Å². The fourth-order valence-corrected chi connectivity index (χ4v) is 3.63. The molecule has 1 aliphatic heterocycles. The van der Waals surface area contributed by atoms with Crippen molar-refractivity contribution in [2.45, 2.75) is 71.8 Å². The molecule has 19 heavy (non-hydrogen) atoms. The van der Waals surface area contributed by atoms with E-state index >= 15 is 0 Å². The summed E-state index contributed by atoms with van der Waals surface area (Å²) < 4.78 is 0. The van der Waals surface area contributed by atoms with E-state index in [2.05, 4.69) is 45.1 Å². The Kier molecular flexibility index (Phi) is 4.67. The van der Waals surface area contributed by atoms with Gasteiger partial charge in [0.05, 0.1) is 0 Å². The lowest BCUT2D eigenvalue weighted by Gasteiger charge is -2.36. The summed E-state index contributed by atoms with van der Waals surface area (Å²) in [6, 6.07) is 4.81. The highest BCUT2D eigenvalue weighted by Crippen LogP contribution is 2.37. The van der Waals surface area contributed by atoms with Crippen LogP contribution in [0.25, 0.3) is 0 Å². The van der Waals surface area contributed by atoms with Gasteiger partial charge in [-0.25, -0.2) is 0 Å². The highest BCUT2D eigenvalue weighted by atomic mass is 15.0. The normalized spacial score (nSPS) is 24.2. The van der Waals surface area contributed by atoms with Crippen LogP contribution in [0, 0.1) is 20.8 Å². The van der Waals surface area contributed by atoms with Crippen molar-refractivity contribution in [1.82, 2.24) is 5.32 Å². The average molecular weight is 259 g/mol. The zero-order valence-corrected chi connectivity index (χ0v) is 13.1. The van der Waals surface area contributed by atoms with Crippen LogP contribution >= 0.6 is 0 Å². The molecule has 1 N–H and O–H groups in total. The quantitative estimate of drug-likeness (QED) is 0.824. The molecule has 106 valence electrons. The summed E-state index contributed by atoms with van der Waals surface area (Å²) in [4.78, 5) is 0. The number of hydrogen-bond acceptors (Lipinski definition) is 1. The lowest BCUT2D eigenvalue weighted by molar-refractivity contribution is 0.296. The fraction of sp³-hybridized carbons (Fsp3) is 0.667. The van der Waals surface area contributed by atoms with Crippen LogP contribution in [-0.2, 0) is 5.54 Å². The Labute approximate surface area is 118 Å². The van der Waals surface area contributed by atoms with Crippen LogP contribution < -0.4 is 5.32 Å². The molecule has 1 saturated heterocycles. The molecule has 1 fully saturated rings. The second-order valence-electron chi connectivity index (χ2n) is 6.32. The van der Waals surface area contributed by atoms with Crippen LogP contribution in [0.2, 0.25) is 0 Å². The van der Waals surface area contributed by atoms with Crippen LogP contribution in [0.5, 0.6) is 0 Å². The van der Waals surface area contributed by atoms with E-state index in [1.807, 2.05) is 0 Å². The molecule has 0 spiro atoms. The molecular formula is C18H29N. The average Bonchev–Trinajstić information content (AvgIpc) is 2.61. The molecule has 0 saturated carbocycles. The van der Waals surface area contributed by atoms with E-state index in [0.29, 0.717) is 0 Å². The summed E-state index contributed by atoms with van der Waals surface area (Å²) >= 11 is 0. The van der Waals surface area contributed by atoms with Crippen molar-refractivity contribution in [3.05, 3.63) is 34.4 Å². The highest BCUT2D eigenvalue weighted by molar-refractivity contribution is 5.40. The molecule has 0 aliphatic carbocycles. The topological polar surface area (TPSA) is 12.0 Å². The highest BCUT2D eigenvalue weighted by Gasteiger charge is 2.32. The van der Waals surface area contributed by atoms with Crippen molar-refractivity contribution in [1.29, 1.82) is 0 Å².